The van der Waals surface area contributed by atoms with E-state index in [1.165, 1.54) is 71.7 Å². The van der Waals surface area contributed by atoms with Crippen LogP contribution < -0.4 is 0 Å². The molecule has 0 spiro atoms. The molecule has 0 fully saturated rings. The van der Waals surface area contributed by atoms with E-state index in [1.54, 1.807) is 0 Å². The molecule has 8 rings (SSSR count). The molecule has 0 radical (unpaired) electrons. The fourth-order valence-corrected chi connectivity index (χ4v) is 7.45. The average molecular weight is 597 g/mol. The zero-order valence-corrected chi connectivity index (χ0v) is 27.4. The molecule has 6 aromatic carbocycles. The lowest BCUT2D eigenvalue weighted by atomic mass is 9.76. The first-order valence-electron chi connectivity index (χ1n) is 16.4. The van der Waals surface area contributed by atoms with Crippen molar-refractivity contribution in [1.29, 1.82) is 0 Å². The van der Waals surface area contributed by atoms with Crippen LogP contribution in [0.2, 0.25) is 0 Å². The molecule has 8 aromatic rings. The standard InChI is InChI=1S/C44H40N2/c1-43(2,3)32-27-30(42-37-19-11-14-22-40(37)46(41(42)28-32)33-15-7-6-8-16-33)29-44(4,5)31-23-25-34(26-24-31)45-38-20-12-9-17-35(38)36-18-10-13-21-39(36)45/h6-28H,29H2,1-5H3. The van der Waals surface area contributed by atoms with Crippen molar-refractivity contribution < 1.29 is 0 Å². The molecule has 0 saturated heterocycles. The van der Waals surface area contributed by atoms with Crippen LogP contribution in [0.4, 0.5) is 0 Å². The van der Waals surface area contributed by atoms with Crippen LogP contribution in [-0.4, -0.2) is 9.13 Å². The lowest BCUT2D eigenvalue weighted by Gasteiger charge is -2.28. The molecular weight excluding hydrogens is 556 g/mol. The van der Waals surface area contributed by atoms with Gasteiger partial charge in [-0.2, -0.15) is 0 Å². The largest absolute Gasteiger partial charge is 0.309 e. The van der Waals surface area contributed by atoms with Crippen molar-refractivity contribution in [2.24, 2.45) is 0 Å². The van der Waals surface area contributed by atoms with Crippen molar-refractivity contribution in [2.75, 3.05) is 0 Å². The lowest BCUT2D eigenvalue weighted by Crippen LogP contribution is -2.21. The van der Waals surface area contributed by atoms with E-state index >= 15 is 0 Å². The highest BCUT2D eigenvalue weighted by Crippen LogP contribution is 2.41. The zero-order valence-electron chi connectivity index (χ0n) is 27.4. The zero-order chi connectivity index (χ0) is 31.6. The number of fused-ring (bicyclic) bond motifs is 6. The summed E-state index contributed by atoms with van der Waals surface area (Å²) >= 11 is 0. The third kappa shape index (κ3) is 4.55. The van der Waals surface area contributed by atoms with E-state index in [0.717, 1.165) is 6.42 Å². The summed E-state index contributed by atoms with van der Waals surface area (Å²) in [5.74, 6) is 0. The van der Waals surface area contributed by atoms with E-state index in [2.05, 4.69) is 183 Å². The molecular formula is C44H40N2. The van der Waals surface area contributed by atoms with E-state index in [1.807, 2.05) is 0 Å². The second kappa shape index (κ2) is 10.5. The maximum Gasteiger partial charge on any atom is 0.0546 e. The maximum absolute atomic E-state index is 2.48. The highest BCUT2D eigenvalue weighted by atomic mass is 15.0. The molecule has 2 nitrogen and oxygen atoms in total. The van der Waals surface area contributed by atoms with Gasteiger partial charge in [0.25, 0.3) is 0 Å². The molecule has 0 unspecified atom stereocenters. The summed E-state index contributed by atoms with van der Waals surface area (Å²) in [4.78, 5) is 0. The van der Waals surface area contributed by atoms with E-state index in [4.69, 9.17) is 0 Å². The summed E-state index contributed by atoms with van der Waals surface area (Å²) in [7, 11) is 0. The van der Waals surface area contributed by atoms with Crippen molar-refractivity contribution in [3.8, 4) is 11.4 Å². The topological polar surface area (TPSA) is 9.86 Å². The van der Waals surface area contributed by atoms with Gasteiger partial charge >= 0.3 is 0 Å². The van der Waals surface area contributed by atoms with Gasteiger partial charge in [-0.1, -0.05) is 126 Å². The summed E-state index contributed by atoms with van der Waals surface area (Å²) in [6.45, 7) is 11.8. The predicted molar refractivity (Wildman–Crippen MR) is 197 cm³/mol. The second-order valence-corrected chi connectivity index (χ2v) is 14.4. The summed E-state index contributed by atoms with van der Waals surface area (Å²) in [5, 5.41) is 5.26. The second-order valence-electron chi connectivity index (χ2n) is 14.4. The van der Waals surface area contributed by atoms with Crippen molar-refractivity contribution in [3.05, 3.63) is 156 Å². The van der Waals surface area contributed by atoms with Gasteiger partial charge in [-0.3, -0.25) is 0 Å². The van der Waals surface area contributed by atoms with Crippen LogP contribution in [0.25, 0.3) is 55.0 Å². The minimum absolute atomic E-state index is 0.0228. The Labute approximate surface area is 271 Å². The minimum atomic E-state index is -0.0846. The molecule has 0 aliphatic rings. The number of nitrogens with zero attached hydrogens (tertiary/aromatic N) is 2. The normalized spacial score (nSPS) is 12.5. The minimum Gasteiger partial charge on any atom is -0.309 e. The number of rotatable bonds is 5. The molecule has 0 atom stereocenters. The number of benzene rings is 6. The fourth-order valence-electron chi connectivity index (χ4n) is 7.45. The number of aromatic nitrogens is 2. The van der Waals surface area contributed by atoms with E-state index in [0.29, 0.717) is 0 Å². The third-order valence-corrected chi connectivity index (χ3v) is 9.85. The SMILES string of the molecule is CC(C)(C)c1cc(CC(C)(C)c2ccc(-n3c4ccccc4c4ccccc43)cc2)c2c3ccccc3n(-c3ccccc3)c2c1. The van der Waals surface area contributed by atoms with E-state index in [9.17, 15) is 0 Å². The molecule has 0 amide bonds. The van der Waals surface area contributed by atoms with Crippen molar-refractivity contribution in [2.45, 2.75) is 51.9 Å². The third-order valence-electron chi connectivity index (χ3n) is 9.85. The van der Waals surface area contributed by atoms with Crippen LogP contribution in [0.15, 0.2) is 140 Å². The predicted octanol–water partition coefficient (Wildman–Crippen LogP) is 11.7. The highest BCUT2D eigenvalue weighted by Gasteiger charge is 2.27. The molecule has 2 heteroatoms. The lowest BCUT2D eigenvalue weighted by molar-refractivity contribution is 0.522. The molecule has 0 aliphatic heterocycles. The Morgan fingerprint density at radius 1 is 0.435 bits per heavy atom. The molecule has 2 aromatic heterocycles. The van der Waals surface area contributed by atoms with Gasteiger partial charge in [0.1, 0.15) is 0 Å². The van der Waals surface area contributed by atoms with Crippen LogP contribution in [0, 0.1) is 0 Å². The summed E-state index contributed by atoms with van der Waals surface area (Å²) in [5.41, 5.74) is 11.5. The van der Waals surface area contributed by atoms with Gasteiger partial charge in [-0.05, 0) is 82.5 Å². The Hall–Kier alpha value is -5.08. The van der Waals surface area contributed by atoms with Crippen LogP contribution in [0.3, 0.4) is 0 Å². The smallest absolute Gasteiger partial charge is 0.0546 e. The van der Waals surface area contributed by atoms with Crippen LogP contribution in [0.5, 0.6) is 0 Å². The molecule has 2 heterocycles. The Morgan fingerprint density at radius 2 is 0.913 bits per heavy atom. The Balaban J connectivity index is 1.26. The first-order chi connectivity index (χ1) is 22.2. The first-order valence-corrected chi connectivity index (χ1v) is 16.4. The molecule has 0 saturated carbocycles. The van der Waals surface area contributed by atoms with Crippen molar-refractivity contribution >= 4 is 43.6 Å². The van der Waals surface area contributed by atoms with E-state index in [-0.39, 0.29) is 10.8 Å². The summed E-state index contributed by atoms with van der Waals surface area (Å²) in [6, 6.07) is 51.4. The Kier molecular flexibility index (Phi) is 6.48. The van der Waals surface area contributed by atoms with Gasteiger partial charge < -0.3 is 9.13 Å². The molecule has 46 heavy (non-hydrogen) atoms. The summed E-state index contributed by atoms with van der Waals surface area (Å²) < 4.78 is 4.85. The van der Waals surface area contributed by atoms with Gasteiger partial charge in [0.2, 0.25) is 0 Å². The van der Waals surface area contributed by atoms with Crippen molar-refractivity contribution in [3.63, 3.8) is 0 Å². The van der Waals surface area contributed by atoms with Gasteiger partial charge in [0.15, 0.2) is 0 Å². The highest BCUT2D eigenvalue weighted by molar-refractivity contribution is 6.11. The summed E-state index contributed by atoms with van der Waals surface area (Å²) in [6.07, 6.45) is 0.935. The van der Waals surface area contributed by atoms with Crippen LogP contribution in [-0.2, 0) is 17.3 Å². The van der Waals surface area contributed by atoms with Crippen LogP contribution >= 0.6 is 0 Å². The first kappa shape index (κ1) is 28.4. The van der Waals surface area contributed by atoms with Gasteiger partial charge in [-0.25, -0.2) is 0 Å². The molecule has 0 aliphatic carbocycles. The maximum atomic E-state index is 2.48. The molecule has 0 bridgehead atoms. The Bertz CT molecular complexity index is 2320. The van der Waals surface area contributed by atoms with E-state index < -0.39 is 0 Å². The van der Waals surface area contributed by atoms with Gasteiger partial charge in [0, 0.05) is 32.9 Å². The quantitative estimate of drug-likeness (QED) is 0.187. The van der Waals surface area contributed by atoms with Gasteiger partial charge in [-0.15, -0.1) is 0 Å². The van der Waals surface area contributed by atoms with Gasteiger partial charge in [0.05, 0.1) is 22.1 Å². The van der Waals surface area contributed by atoms with Crippen molar-refractivity contribution in [1.82, 2.24) is 9.13 Å². The number of hydrogen-bond acceptors (Lipinski definition) is 0. The molecule has 226 valence electrons. The average Bonchev–Trinajstić information content (AvgIpc) is 3.58. The fraction of sp³-hybridized carbons (Fsp3) is 0.182. The monoisotopic (exact) mass is 596 g/mol. The number of hydrogen-bond donors (Lipinski definition) is 0. The number of para-hydroxylation sites is 4. The molecule has 0 N–H and O–H groups in total. The Morgan fingerprint density at radius 3 is 1.50 bits per heavy atom. The van der Waals surface area contributed by atoms with Crippen LogP contribution in [0.1, 0.15) is 51.3 Å².